The Kier molecular flexibility index (Phi) is 4.35. The topological polar surface area (TPSA) is 47.3 Å². The van der Waals surface area contributed by atoms with E-state index in [1.54, 1.807) is 0 Å². The van der Waals surface area contributed by atoms with Crippen LogP contribution in [0.4, 0.5) is 0 Å². The molecule has 0 spiro atoms. The fourth-order valence-corrected chi connectivity index (χ4v) is 2.70. The Morgan fingerprint density at radius 3 is 2.56 bits per heavy atom. The van der Waals surface area contributed by atoms with Crippen molar-refractivity contribution in [2.24, 2.45) is 0 Å². The van der Waals surface area contributed by atoms with Gasteiger partial charge in [0.1, 0.15) is 0 Å². The molecule has 3 heteroatoms. The van der Waals surface area contributed by atoms with Crippen molar-refractivity contribution in [3.05, 3.63) is 35.4 Å². The molecular formula is C15H20N2O. The van der Waals surface area contributed by atoms with Crippen LogP contribution in [-0.4, -0.2) is 29.2 Å². The maximum atomic E-state index is 10.0. The fourth-order valence-electron chi connectivity index (χ4n) is 2.70. The molecule has 2 unspecified atom stereocenters. The van der Waals surface area contributed by atoms with Gasteiger partial charge < -0.3 is 5.11 Å². The minimum atomic E-state index is -0.192. The van der Waals surface area contributed by atoms with Gasteiger partial charge in [-0.3, -0.25) is 4.90 Å². The van der Waals surface area contributed by atoms with E-state index < -0.39 is 0 Å². The summed E-state index contributed by atoms with van der Waals surface area (Å²) in [4.78, 5) is 2.23. The van der Waals surface area contributed by atoms with E-state index in [1.807, 2.05) is 24.3 Å². The number of benzene rings is 1. The largest absolute Gasteiger partial charge is 0.391 e. The quantitative estimate of drug-likeness (QED) is 0.887. The molecule has 2 rings (SSSR count). The number of hydrogen-bond donors (Lipinski definition) is 1. The molecule has 0 aromatic heterocycles. The maximum Gasteiger partial charge on any atom is 0.0991 e. The molecule has 1 fully saturated rings. The first-order chi connectivity index (χ1) is 8.70. The summed E-state index contributed by atoms with van der Waals surface area (Å²) in [6, 6.07) is 10.1. The molecule has 1 aromatic carbocycles. The van der Waals surface area contributed by atoms with Gasteiger partial charge in [0.25, 0.3) is 0 Å². The van der Waals surface area contributed by atoms with Gasteiger partial charge in [-0.1, -0.05) is 25.0 Å². The monoisotopic (exact) mass is 244 g/mol. The van der Waals surface area contributed by atoms with Gasteiger partial charge in [-0.15, -0.1) is 0 Å². The Hall–Kier alpha value is -1.37. The van der Waals surface area contributed by atoms with E-state index in [1.165, 1.54) is 12.0 Å². The van der Waals surface area contributed by atoms with Crippen LogP contribution >= 0.6 is 0 Å². The summed E-state index contributed by atoms with van der Waals surface area (Å²) in [5, 5.41) is 18.8. The Morgan fingerprint density at radius 2 is 1.94 bits per heavy atom. The minimum Gasteiger partial charge on any atom is -0.391 e. The van der Waals surface area contributed by atoms with Crippen molar-refractivity contribution in [3.63, 3.8) is 0 Å². The highest BCUT2D eigenvalue weighted by molar-refractivity contribution is 5.31. The molecule has 18 heavy (non-hydrogen) atoms. The number of hydrogen-bond acceptors (Lipinski definition) is 3. The third kappa shape index (κ3) is 3.10. The summed E-state index contributed by atoms with van der Waals surface area (Å²) in [5.74, 6) is 0. The number of likely N-dealkylation sites (N-methyl/N-ethyl adjacent to an activating group) is 1. The second kappa shape index (κ2) is 5.99. The third-order valence-corrected chi connectivity index (χ3v) is 3.78. The molecule has 96 valence electrons. The van der Waals surface area contributed by atoms with E-state index in [0.29, 0.717) is 5.56 Å². The number of aliphatic hydroxyl groups is 1. The number of nitrogens with zero attached hydrogens (tertiary/aromatic N) is 2. The number of aliphatic hydroxyl groups excluding tert-OH is 1. The smallest absolute Gasteiger partial charge is 0.0991 e. The average molecular weight is 244 g/mol. The van der Waals surface area contributed by atoms with Crippen molar-refractivity contribution in [1.29, 1.82) is 5.26 Å². The van der Waals surface area contributed by atoms with Crippen LogP contribution in [0.2, 0.25) is 0 Å². The van der Waals surface area contributed by atoms with E-state index in [4.69, 9.17) is 5.26 Å². The van der Waals surface area contributed by atoms with Crippen molar-refractivity contribution < 1.29 is 5.11 Å². The Bertz CT molecular complexity index is 421. The molecule has 0 heterocycles. The average Bonchev–Trinajstić information content (AvgIpc) is 2.40. The summed E-state index contributed by atoms with van der Waals surface area (Å²) >= 11 is 0. The van der Waals surface area contributed by atoms with Crippen molar-refractivity contribution in [2.45, 2.75) is 44.4 Å². The van der Waals surface area contributed by atoms with Crippen LogP contribution < -0.4 is 0 Å². The van der Waals surface area contributed by atoms with Crippen molar-refractivity contribution in [3.8, 4) is 6.07 Å². The first kappa shape index (κ1) is 13.1. The third-order valence-electron chi connectivity index (χ3n) is 3.78. The summed E-state index contributed by atoms with van der Waals surface area (Å²) in [7, 11) is 2.07. The lowest BCUT2D eigenvalue weighted by Gasteiger charge is -2.35. The maximum absolute atomic E-state index is 10.0. The van der Waals surface area contributed by atoms with Gasteiger partial charge in [0.15, 0.2) is 0 Å². The van der Waals surface area contributed by atoms with Gasteiger partial charge in [-0.25, -0.2) is 0 Å². The number of nitriles is 1. The molecular weight excluding hydrogens is 224 g/mol. The zero-order chi connectivity index (χ0) is 13.0. The Labute approximate surface area is 109 Å². The molecule has 2 atom stereocenters. The lowest BCUT2D eigenvalue weighted by atomic mass is 9.91. The Balaban J connectivity index is 1.97. The standard InChI is InChI=1S/C15H20N2O/c1-17(14-4-2-3-5-15(14)18)11-13-8-6-12(10-16)7-9-13/h6-9,14-15,18H,2-5,11H2,1H3. The summed E-state index contributed by atoms with van der Waals surface area (Å²) in [6.45, 7) is 0.827. The normalized spacial score (nSPS) is 23.9. The number of rotatable bonds is 3. The second-order valence-electron chi connectivity index (χ2n) is 5.14. The van der Waals surface area contributed by atoms with Crippen LogP contribution in [0.1, 0.15) is 36.8 Å². The van der Waals surface area contributed by atoms with Crippen molar-refractivity contribution in [2.75, 3.05) is 7.05 Å². The fraction of sp³-hybridized carbons (Fsp3) is 0.533. The van der Waals surface area contributed by atoms with Gasteiger partial charge in [-0.2, -0.15) is 5.26 Å². The Morgan fingerprint density at radius 1 is 1.28 bits per heavy atom. The van der Waals surface area contributed by atoms with Crippen LogP contribution in [-0.2, 0) is 6.54 Å². The van der Waals surface area contributed by atoms with Gasteiger partial charge in [0.05, 0.1) is 17.7 Å². The molecule has 1 N–H and O–H groups in total. The van der Waals surface area contributed by atoms with Crippen LogP contribution in [0.25, 0.3) is 0 Å². The minimum absolute atomic E-state index is 0.192. The molecule has 0 amide bonds. The molecule has 1 aliphatic rings. The van der Waals surface area contributed by atoms with Crippen LogP contribution in [0.3, 0.4) is 0 Å². The summed E-state index contributed by atoms with van der Waals surface area (Å²) in [5.41, 5.74) is 1.88. The predicted molar refractivity (Wildman–Crippen MR) is 70.9 cm³/mol. The summed E-state index contributed by atoms with van der Waals surface area (Å²) < 4.78 is 0. The zero-order valence-electron chi connectivity index (χ0n) is 10.8. The lowest BCUT2D eigenvalue weighted by Crippen LogP contribution is -2.42. The van der Waals surface area contributed by atoms with Crippen LogP contribution in [0.5, 0.6) is 0 Å². The highest BCUT2D eigenvalue weighted by Gasteiger charge is 2.26. The molecule has 1 aliphatic carbocycles. The SMILES string of the molecule is CN(Cc1ccc(C#N)cc1)C1CCCCC1O. The predicted octanol–water partition coefficient (Wildman–Crippen LogP) is 2.29. The van der Waals surface area contributed by atoms with Gasteiger partial charge in [-0.05, 0) is 37.6 Å². The van der Waals surface area contributed by atoms with E-state index in [0.717, 1.165) is 25.8 Å². The zero-order valence-corrected chi connectivity index (χ0v) is 10.8. The van der Waals surface area contributed by atoms with Crippen LogP contribution in [0.15, 0.2) is 24.3 Å². The first-order valence-electron chi connectivity index (χ1n) is 6.58. The van der Waals surface area contributed by atoms with Gasteiger partial charge >= 0.3 is 0 Å². The molecule has 0 saturated heterocycles. The lowest BCUT2D eigenvalue weighted by molar-refractivity contribution is 0.0288. The van der Waals surface area contributed by atoms with Crippen molar-refractivity contribution >= 4 is 0 Å². The second-order valence-corrected chi connectivity index (χ2v) is 5.14. The van der Waals surface area contributed by atoms with Crippen molar-refractivity contribution in [1.82, 2.24) is 4.90 Å². The molecule has 1 saturated carbocycles. The molecule has 1 aromatic rings. The molecule has 0 aliphatic heterocycles. The van der Waals surface area contributed by atoms with Gasteiger partial charge in [0, 0.05) is 12.6 Å². The van der Waals surface area contributed by atoms with E-state index in [-0.39, 0.29) is 12.1 Å². The highest BCUT2D eigenvalue weighted by Crippen LogP contribution is 2.23. The summed E-state index contributed by atoms with van der Waals surface area (Å²) in [6.07, 6.45) is 4.15. The first-order valence-corrected chi connectivity index (χ1v) is 6.58. The van der Waals surface area contributed by atoms with E-state index >= 15 is 0 Å². The molecule has 0 radical (unpaired) electrons. The highest BCUT2D eigenvalue weighted by atomic mass is 16.3. The van der Waals surface area contributed by atoms with Gasteiger partial charge in [0.2, 0.25) is 0 Å². The van der Waals surface area contributed by atoms with E-state index in [2.05, 4.69) is 18.0 Å². The molecule has 0 bridgehead atoms. The van der Waals surface area contributed by atoms with E-state index in [9.17, 15) is 5.11 Å². The van der Waals surface area contributed by atoms with Crippen LogP contribution in [0, 0.1) is 11.3 Å². The molecule has 3 nitrogen and oxygen atoms in total.